The predicted octanol–water partition coefficient (Wildman–Crippen LogP) is 0.640. The van der Waals surface area contributed by atoms with Gasteiger partial charge < -0.3 is 9.47 Å². The van der Waals surface area contributed by atoms with Crippen molar-refractivity contribution in [2.75, 3.05) is 32.9 Å². The number of hydrogen-bond donors (Lipinski definition) is 0. The van der Waals surface area contributed by atoms with E-state index in [1.54, 1.807) is 0 Å². The zero-order valence-electron chi connectivity index (χ0n) is 8.00. The minimum atomic E-state index is 0.409. The molecule has 2 unspecified atom stereocenters. The average molecular weight is 183 g/mol. The Morgan fingerprint density at radius 3 is 3.00 bits per heavy atom. The van der Waals surface area contributed by atoms with E-state index in [2.05, 4.69) is 4.90 Å². The van der Waals surface area contributed by atoms with E-state index < -0.39 is 0 Å². The molecule has 0 aliphatic carbocycles. The van der Waals surface area contributed by atoms with Crippen LogP contribution in [-0.2, 0) is 9.47 Å². The van der Waals surface area contributed by atoms with E-state index in [1.807, 2.05) is 0 Å². The van der Waals surface area contributed by atoms with Gasteiger partial charge in [0.15, 0.2) is 0 Å². The number of hydrogen-bond acceptors (Lipinski definition) is 3. The number of ether oxygens (including phenoxy) is 2. The minimum Gasteiger partial charge on any atom is -0.379 e. The van der Waals surface area contributed by atoms with E-state index in [4.69, 9.17) is 9.47 Å². The fourth-order valence-corrected chi connectivity index (χ4v) is 2.74. The second-order valence-electron chi connectivity index (χ2n) is 4.53. The van der Waals surface area contributed by atoms with Gasteiger partial charge in [-0.15, -0.1) is 0 Å². The maximum absolute atomic E-state index is 5.53. The Labute approximate surface area is 79.0 Å². The van der Waals surface area contributed by atoms with Crippen LogP contribution >= 0.6 is 0 Å². The van der Waals surface area contributed by atoms with Crippen LogP contribution in [0.4, 0.5) is 0 Å². The Kier molecular flexibility index (Phi) is 1.86. The van der Waals surface area contributed by atoms with Crippen LogP contribution < -0.4 is 0 Å². The lowest BCUT2D eigenvalue weighted by Gasteiger charge is -2.33. The summed E-state index contributed by atoms with van der Waals surface area (Å²) in [7, 11) is 0. The molecule has 3 heterocycles. The van der Waals surface area contributed by atoms with Gasteiger partial charge in [-0.3, -0.25) is 4.90 Å². The minimum absolute atomic E-state index is 0.409. The molecule has 0 amide bonds. The van der Waals surface area contributed by atoms with E-state index in [9.17, 15) is 0 Å². The summed E-state index contributed by atoms with van der Waals surface area (Å²) in [6, 6.07) is 0. The maximum Gasteiger partial charge on any atom is 0.0936 e. The third-order valence-corrected chi connectivity index (χ3v) is 3.65. The van der Waals surface area contributed by atoms with E-state index in [-0.39, 0.29) is 0 Å². The molecular weight excluding hydrogens is 166 g/mol. The molecule has 13 heavy (non-hydrogen) atoms. The molecule has 1 spiro atoms. The fraction of sp³-hybridized carbons (Fsp3) is 1.00. The highest BCUT2D eigenvalue weighted by Gasteiger charge is 2.45. The summed E-state index contributed by atoms with van der Waals surface area (Å²) < 4.78 is 10.8. The van der Waals surface area contributed by atoms with Crippen LogP contribution in [0.2, 0.25) is 0 Å². The normalized spacial score (nSPS) is 44.8. The lowest BCUT2D eigenvalue weighted by Crippen LogP contribution is -2.46. The lowest BCUT2D eigenvalue weighted by atomic mass is 9.95. The van der Waals surface area contributed by atoms with Crippen LogP contribution in [0.5, 0.6) is 0 Å². The van der Waals surface area contributed by atoms with Gasteiger partial charge in [-0.05, 0) is 25.8 Å². The first-order valence-corrected chi connectivity index (χ1v) is 5.33. The van der Waals surface area contributed by atoms with Crippen molar-refractivity contribution >= 4 is 0 Å². The van der Waals surface area contributed by atoms with Crippen LogP contribution in [0.1, 0.15) is 19.3 Å². The smallest absolute Gasteiger partial charge is 0.0936 e. The lowest BCUT2D eigenvalue weighted by molar-refractivity contribution is 0.0953. The van der Waals surface area contributed by atoms with Crippen molar-refractivity contribution in [2.45, 2.75) is 30.9 Å². The van der Waals surface area contributed by atoms with Crippen LogP contribution in [0.25, 0.3) is 0 Å². The van der Waals surface area contributed by atoms with Gasteiger partial charge in [0.05, 0.1) is 19.3 Å². The first kappa shape index (κ1) is 8.21. The Morgan fingerprint density at radius 2 is 2.31 bits per heavy atom. The average Bonchev–Trinajstić information content (AvgIpc) is 2.71. The second-order valence-corrected chi connectivity index (χ2v) is 4.53. The molecule has 0 radical (unpaired) electrons. The molecule has 3 rings (SSSR count). The Morgan fingerprint density at radius 1 is 1.38 bits per heavy atom. The van der Waals surface area contributed by atoms with Crippen molar-refractivity contribution in [3.05, 3.63) is 0 Å². The van der Waals surface area contributed by atoms with Crippen LogP contribution in [-0.4, -0.2) is 49.5 Å². The largest absolute Gasteiger partial charge is 0.379 e. The molecule has 0 aromatic heterocycles. The van der Waals surface area contributed by atoms with Crippen molar-refractivity contribution in [1.82, 2.24) is 4.90 Å². The summed E-state index contributed by atoms with van der Waals surface area (Å²) in [5.41, 5.74) is 0.409. The molecular formula is C10H17NO2. The summed E-state index contributed by atoms with van der Waals surface area (Å²) in [4.78, 5) is 2.61. The molecule has 3 aliphatic rings. The first-order valence-electron chi connectivity index (χ1n) is 5.33. The number of nitrogens with zero attached hydrogens (tertiary/aromatic N) is 1. The molecule has 3 saturated heterocycles. The fourth-order valence-electron chi connectivity index (χ4n) is 2.74. The van der Waals surface area contributed by atoms with E-state index >= 15 is 0 Å². The zero-order valence-corrected chi connectivity index (χ0v) is 8.00. The zero-order chi connectivity index (χ0) is 8.73. The Balaban J connectivity index is 1.69. The molecule has 0 aromatic carbocycles. The highest BCUT2D eigenvalue weighted by molar-refractivity contribution is 4.99. The maximum atomic E-state index is 5.53. The molecule has 3 nitrogen and oxygen atoms in total. The number of rotatable bonds is 2. The van der Waals surface area contributed by atoms with Crippen LogP contribution in [0, 0.1) is 0 Å². The highest BCUT2D eigenvalue weighted by atomic mass is 16.6. The molecule has 0 aromatic rings. The van der Waals surface area contributed by atoms with Gasteiger partial charge in [0.2, 0.25) is 0 Å². The third kappa shape index (κ3) is 1.39. The van der Waals surface area contributed by atoms with Crippen molar-refractivity contribution < 1.29 is 9.47 Å². The van der Waals surface area contributed by atoms with Gasteiger partial charge in [0, 0.05) is 18.7 Å². The Bertz CT molecular complexity index is 192. The summed E-state index contributed by atoms with van der Waals surface area (Å²) >= 11 is 0. The molecule has 3 aliphatic heterocycles. The molecule has 0 saturated carbocycles. The SMILES string of the molecule is C1CN(CC2CO2)C2(C1)CCOC2. The highest BCUT2D eigenvalue weighted by Crippen LogP contribution is 2.37. The van der Waals surface area contributed by atoms with E-state index in [0.29, 0.717) is 11.6 Å². The third-order valence-electron chi connectivity index (χ3n) is 3.65. The summed E-state index contributed by atoms with van der Waals surface area (Å²) in [6.07, 6.45) is 4.45. The molecule has 0 N–H and O–H groups in total. The monoisotopic (exact) mass is 183 g/mol. The van der Waals surface area contributed by atoms with Gasteiger partial charge in [-0.1, -0.05) is 0 Å². The van der Waals surface area contributed by atoms with Gasteiger partial charge >= 0.3 is 0 Å². The van der Waals surface area contributed by atoms with Crippen molar-refractivity contribution in [1.29, 1.82) is 0 Å². The first-order chi connectivity index (χ1) is 6.39. The Hall–Kier alpha value is -0.120. The second kappa shape index (κ2) is 2.94. The summed E-state index contributed by atoms with van der Waals surface area (Å²) in [6.45, 7) is 5.29. The van der Waals surface area contributed by atoms with E-state index in [1.165, 1.54) is 25.8 Å². The number of likely N-dealkylation sites (tertiary alicyclic amines) is 1. The summed E-state index contributed by atoms with van der Waals surface area (Å²) in [5.74, 6) is 0. The molecule has 3 fully saturated rings. The van der Waals surface area contributed by atoms with Crippen molar-refractivity contribution in [3.63, 3.8) is 0 Å². The quantitative estimate of drug-likeness (QED) is 0.587. The van der Waals surface area contributed by atoms with Gasteiger partial charge in [-0.2, -0.15) is 0 Å². The van der Waals surface area contributed by atoms with E-state index in [0.717, 1.165) is 26.4 Å². The van der Waals surface area contributed by atoms with Gasteiger partial charge in [0.1, 0.15) is 0 Å². The topological polar surface area (TPSA) is 25.0 Å². The van der Waals surface area contributed by atoms with Crippen molar-refractivity contribution in [2.24, 2.45) is 0 Å². The molecule has 3 heteroatoms. The van der Waals surface area contributed by atoms with Crippen LogP contribution in [0.3, 0.4) is 0 Å². The van der Waals surface area contributed by atoms with Crippen molar-refractivity contribution in [3.8, 4) is 0 Å². The summed E-state index contributed by atoms with van der Waals surface area (Å²) in [5, 5.41) is 0. The van der Waals surface area contributed by atoms with Gasteiger partial charge in [0.25, 0.3) is 0 Å². The molecule has 2 atom stereocenters. The standard InChI is InChI=1S/C10H17NO2/c1-2-10(3-5-12-8-10)11(4-1)6-9-7-13-9/h9H,1-8H2. The molecule has 74 valence electrons. The molecule has 0 bridgehead atoms. The van der Waals surface area contributed by atoms with Gasteiger partial charge in [-0.25, -0.2) is 0 Å². The van der Waals surface area contributed by atoms with Crippen LogP contribution in [0.15, 0.2) is 0 Å². The number of epoxide rings is 1. The predicted molar refractivity (Wildman–Crippen MR) is 48.7 cm³/mol.